The molecular formula is C44H48ClN9O6. The van der Waals surface area contributed by atoms with E-state index < -0.39 is 17.5 Å². The van der Waals surface area contributed by atoms with Gasteiger partial charge in [-0.25, -0.2) is 0 Å². The third-order valence-electron chi connectivity index (χ3n) is 12.9. The lowest BCUT2D eigenvalue weighted by molar-refractivity contribution is -0.164. The highest BCUT2D eigenvalue weighted by Gasteiger charge is 2.64. The first-order valence-electron chi connectivity index (χ1n) is 20.4. The second kappa shape index (κ2) is 15.9. The van der Waals surface area contributed by atoms with Crippen LogP contribution < -0.4 is 30.7 Å². The average molecular weight is 834 g/mol. The molecule has 0 bridgehead atoms. The number of aromatic nitrogens is 3. The molecule has 2 N–H and O–H groups in total. The van der Waals surface area contributed by atoms with Crippen LogP contribution in [0.25, 0.3) is 10.9 Å². The Morgan fingerprint density at radius 2 is 1.53 bits per heavy atom. The number of imide groups is 1. The Labute approximate surface area is 352 Å². The number of amides is 4. The number of benzene rings is 3. The zero-order valence-corrected chi connectivity index (χ0v) is 34.9. The number of hydrogen-bond acceptors (Lipinski definition) is 11. The first-order valence-corrected chi connectivity index (χ1v) is 20.8. The van der Waals surface area contributed by atoms with Crippen LogP contribution in [0.2, 0.25) is 5.02 Å². The maximum absolute atomic E-state index is 13.7. The number of piperidine rings is 2. The van der Waals surface area contributed by atoms with Crippen LogP contribution in [-0.2, 0) is 14.4 Å². The van der Waals surface area contributed by atoms with Crippen LogP contribution in [0.15, 0.2) is 65.5 Å². The molecule has 3 aliphatic heterocycles. The molecule has 1 aromatic heterocycles. The second-order valence-electron chi connectivity index (χ2n) is 17.4. The molecule has 312 valence electrons. The molecule has 0 spiro atoms. The molecule has 4 heterocycles. The van der Waals surface area contributed by atoms with E-state index in [1.54, 1.807) is 30.3 Å². The minimum atomic E-state index is -0.891. The molecule has 1 unspecified atom stereocenters. The predicted octanol–water partition coefficient (Wildman–Crippen LogP) is 4.47. The number of carbonyl (C=O) groups is 4. The lowest BCUT2D eigenvalue weighted by Gasteiger charge is -2.63. The Bertz CT molecular complexity index is 2450. The van der Waals surface area contributed by atoms with Crippen LogP contribution in [0.4, 0.5) is 11.4 Å². The summed E-state index contributed by atoms with van der Waals surface area (Å²) in [4.78, 5) is 71.0. The lowest BCUT2D eigenvalue weighted by atomic mass is 9.49. The number of fused-ring (bicyclic) bond motifs is 1. The predicted molar refractivity (Wildman–Crippen MR) is 225 cm³/mol. The van der Waals surface area contributed by atoms with Crippen LogP contribution in [0.3, 0.4) is 0 Å². The average Bonchev–Trinajstić information content (AvgIpc) is 3.25. The van der Waals surface area contributed by atoms with Gasteiger partial charge in [-0.1, -0.05) is 44.5 Å². The van der Waals surface area contributed by atoms with E-state index in [9.17, 15) is 29.2 Å². The first kappa shape index (κ1) is 40.8. The summed E-state index contributed by atoms with van der Waals surface area (Å²) in [5.41, 5.74) is 2.02. The summed E-state index contributed by atoms with van der Waals surface area (Å²) in [5.74, 6) is -0.433. The molecule has 4 aromatic rings. The summed E-state index contributed by atoms with van der Waals surface area (Å²) in [7, 11) is 0. The van der Waals surface area contributed by atoms with Gasteiger partial charge in [0.1, 0.15) is 29.5 Å². The summed E-state index contributed by atoms with van der Waals surface area (Å²) in [6, 6.07) is 19.1. The Morgan fingerprint density at radius 1 is 0.867 bits per heavy atom. The number of rotatable bonds is 8. The highest BCUT2D eigenvalue weighted by molar-refractivity contribution is 6.31. The first-order chi connectivity index (χ1) is 28.6. The van der Waals surface area contributed by atoms with Crippen molar-refractivity contribution in [3.8, 4) is 11.8 Å². The number of ether oxygens (including phenoxy) is 1. The third-order valence-corrected chi connectivity index (χ3v) is 13.2. The van der Waals surface area contributed by atoms with Crippen LogP contribution in [-0.4, -0.2) is 94.9 Å². The van der Waals surface area contributed by atoms with Gasteiger partial charge in [0.2, 0.25) is 11.8 Å². The Kier molecular flexibility index (Phi) is 10.8. The van der Waals surface area contributed by atoms with Crippen LogP contribution in [0.1, 0.15) is 75.3 Å². The Hall–Kier alpha value is -6.01. The molecule has 16 heteroatoms. The minimum absolute atomic E-state index is 0.0939. The van der Waals surface area contributed by atoms with E-state index in [4.69, 9.17) is 16.3 Å². The Balaban J connectivity index is 0.819. The van der Waals surface area contributed by atoms with E-state index >= 15 is 0 Å². The topological polar surface area (TPSA) is 183 Å². The molecule has 15 nitrogen and oxygen atoms in total. The maximum atomic E-state index is 13.7. The lowest BCUT2D eigenvalue weighted by Crippen LogP contribution is -2.74. The van der Waals surface area contributed by atoms with Gasteiger partial charge < -0.3 is 24.8 Å². The van der Waals surface area contributed by atoms with Crippen molar-refractivity contribution in [2.24, 2.45) is 16.7 Å². The van der Waals surface area contributed by atoms with Crippen LogP contribution in [0, 0.1) is 28.1 Å². The fourth-order valence-electron chi connectivity index (χ4n) is 9.82. The Morgan fingerprint density at radius 3 is 2.18 bits per heavy atom. The van der Waals surface area contributed by atoms with Crippen molar-refractivity contribution in [1.82, 2.24) is 30.5 Å². The van der Waals surface area contributed by atoms with Crippen molar-refractivity contribution < 1.29 is 23.9 Å². The normalized spacial score (nSPS) is 22.7. The SMILES string of the molecule is CC1(C)[C@H](NC(=O)c2ccc(N3CCN(C(=O)C4CCN(c5ccc6nnn(C7CCC(=O)NC7=O)c(=O)c6c5)CC4)CC3)cc2)C(C)(C)[C@H]1Oc1ccc(C#N)c(Cl)c1. The fourth-order valence-corrected chi connectivity index (χ4v) is 10.0. The van der Waals surface area contributed by atoms with Crippen molar-refractivity contribution in [1.29, 1.82) is 5.26 Å². The van der Waals surface area contributed by atoms with Crippen molar-refractivity contribution in [3.05, 3.63) is 87.2 Å². The van der Waals surface area contributed by atoms with E-state index in [2.05, 4.69) is 64.5 Å². The molecule has 0 radical (unpaired) electrons. The molecule has 1 saturated carbocycles. The summed E-state index contributed by atoms with van der Waals surface area (Å²) >= 11 is 6.25. The molecule has 8 rings (SSSR count). The molecule has 1 aliphatic carbocycles. The molecule has 3 saturated heterocycles. The maximum Gasteiger partial charge on any atom is 0.278 e. The van der Waals surface area contributed by atoms with E-state index in [0.717, 1.165) is 16.1 Å². The highest BCUT2D eigenvalue weighted by atomic mass is 35.5. The number of piperazine rings is 1. The molecule has 4 amide bonds. The summed E-state index contributed by atoms with van der Waals surface area (Å²) in [6.07, 6.45) is 1.48. The van der Waals surface area contributed by atoms with E-state index in [-0.39, 0.29) is 59.5 Å². The van der Waals surface area contributed by atoms with Gasteiger partial charge in [-0.15, -0.1) is 5.10 Å². The van der Waals surface area contributed by atoms with Gasteiger partial charge in [0, 0.05) is 91.5 Å². The van der Waals surface area contributed by atoms with E-state index in [1.165, 1.54) is 0 Å². The fraction of sp³-hybridized carbons (Fsp3) is 0.455. The summed E-state index contributed by atoms with van der Waals surface area (Å²) in [6.45, 7) is 12.2. The number of carbonyl (C=O) groups excluding carboxylic acids is 4. The molecule has 1 atom stereocenters. The van der Waals surface area contributed by atoms with E-state index in [1.807, 2.05) is 35.2 Å². The summed E-state index contributed by atoms with van der Waals surface area (Å²) in [5, 5.41) is 23.6. The largest absolute Gasteiger partial charge is 0.489 e. The van der Waals surface area contributed by atoms with Gasteiger partial charge in [0.25, 0.3) is 17.4 Å². The van der Waals surface area contributed by atoms with Gasteiger partial charge in [-0.3, -0.25) is 29.3 Å². The molecular weight excluding hydrogens is 786 g/mol. The van der Waals surface area contributed by atoms with E-state index in [0.29, 0.717) is 84.9 Å². The quantitative estimate of drug-likeness (QED) is 0.239. The second-order valence-corrected chi connectivity index (χ2v) is 17.8. The molecule has 4 aliphatic rings. The number of nitriles is 1. The number of nitrogens with zero attached hydrogens (tertiary/aromatic N) is 7. The van der Waals surface area contributed by atoms with Crippen LogP contribution in [0.5, 0.6) is 5.75 Å². The van der Waals surface area contributed by atoms with Crippen molar-refractivity contribution >= 4 is 57.5 Å². The number of halogens is 1. The van der Waals surface area contributed by atoms with Gasteiger partial charge in [0.05, 0.1) is 16.0 Å². The summed E-state index contributed by atoms with van der Waals surface area (Å²) < 4.78 is 7.44. The van der Waals surface area contributed by atoms with Gasteiger partial charge >= 0.3 is 0 Å². The number of hydrogen-bond donors (Lipinski definition) is 2. The monoisotopic (exact) mass is 833 g/mol. The third kappa shape index (κ3) is 7.53. The zero-order chi connectivity index (χ0) is 42.5. The highest BCUT2D eigenvalue weighted by Crippen LogP contribution is 2.55. The minimum Gasteiger partial charge on any atom is -0.489 e. The molecule has 3 aromatic carbocycles. The number of nitrogens with one attached hydrogen (secondary N) is 2. The standard InChI is InChI=1S/C44H48ClN9O6/c1-43(2)41(44(3,4)42(43)60-31-11-7-28(25-46)33(45)24-31)48-37(56)26-5-8-29(9-6-26)52-19-21-53(22-20-52)39(58)27-15-17-51(18-16-27)30-10-12-34-32(23-30)40(59)54(50-49-34)35-13-14-36(55)47-38(35)57/h5-12,23-24,27,35,41-42H,13-22H2,1-4H3,(H,48,56)(H,47,55,57)/t35?,41-,42-. The van der Waals surface area contributed by atoms with Gasteiger partial charge in [-0.05, 0) is 73.9 Å². The van der Waals surface area contributed by atoms with Crippen molar-refractivity contribution in [2.75, 3.05) is 49.1 Å². The molecule has 4 fully saturated rings. The van der Waals surface area contributed by atoms with Gasteiger partial charge in [-0.2, -0.15) is 9.94 Å². The van der Waals surface area contributed by atoms with Crippen molar-refractivity contribution in [3.63, 3.8) is 0 Å². The van der Waals surface area contributed by atoms with Gasteiger partial charge in [0.15, 0.2) is 0 Å². The zero-order valence-electron chi connectivity index (χ0n) is 34.1. The van der Waals surface area contributed by atoms with Crippen molar-refractivity contribution in [2.45, 2.75) is 71.6 Å². The van der Waals surface area contributed by atoms with Crippen LogP contribution >= 0.6 is 11.6 Å². The smallest absolute Gasteiger partial charge is 0.278 e. The number of anilines is 2. The molecule has 60 heavy (non-hydrogen) atoms.